The molecule has 2 rings (SSSR count). The van der Waals surface area contributed by atoms with Crippen LogP contribution in [-0.2, 0) is 11.2 Å². The van der Waals surface area contributed by atoms with Crippen molar-refractivity contribution < 1.29 is 9.90 Å². The fourth-order valence-corrected chi connectivity index (χ4v) is 2.92. The Balaban J connectivity index is 1.73. The van der Waals surface area contributed by atoms with E-state index in [0.29, 0.717) is 18.0 Å². The first kappa shape index (κ1) is 17.3. The van der Waals surface area contributed by atoms with Gasteiger partial charge in [0.1, 0.15) is 0 Å². The predicted octanol–water partition coefficient (Wildman–Crippen LogP) is 2.19. The van der Waals surface area contributed by atoms with Crippen molar-refractivity contribution in [2.75, 3.05) is 32.7 Å². The zero-order chi connectivity index (χ0) is 15.9. The van der Waals surface area contributed by atoms with Crippen LogP contribution in [0.4, 0.5) is 0 Å². The van der Waals surface area contributed by atoms with E-state index in [2.05, 4.69) is 4.90 Å². The molecule has 0 aromatic heterocycles. The number of aliphatic hydroxyl groups is 1. The zero-order valence-electron chi connectivity index (χ0n) is 13.2. The van der Waals surface area contributed by atoms with E-state index < -0.39 is 0 Å². The minimum Gasteiger partial charge on any atom is -0.392 e. The first-order chi connectivity index (χ1) is 10.6. The summed E-state index contributed by atoms with van der Waals surface area (Å²) in [6.45, 7) is 5.90. The Labute approximate surface area is 137 Å². The number of hydrogen-bond acceptors (Lipinski definition) is 3. The molecule has 1 aromatic rings. The lowest BCUT2D eigenvalue weighted by molar-refractivity contribution is -0.133. The maximum Gasteiger partial charge on any atom is 0.222 e. The summed E-state index contributed by atoms with van der Waals surface area (Å²) in [7, 11) is 0. The summed E-state index contributed by atoms with van der Waals surface area (Å²) in [6, 6.07) is 7.68. The molecule has 0 radical (unpaired) electrons. The molecule has 1 aliphatic rings. The van der Waals surface area contributed by atoms with Crippen LogP contribution in [-0.4, -0.2) is 59.6 Å². The van der Waals surface area contributed by atoms with Crippen LogP contribution < -0.4 is 0 Å². The van der Waals surface area contributed by atoms with Crippen molar-refractivity contribution in [1.29, 1.82) is 0 Å². The monoisotopic (exact) mass is 324 g/mol. The number of rotatable bonds is 6. The molecule has 1 heterocycles. The minimum atomic E-state index is -0.259. The van der Waals surface area contributed by atoms with E-state index in [0.717, 1.165) is 44.6 Å². The average Bonchev–Trinajstić information content (AvgIpc) is 2.53. The molecule has 1 amide bonds. The first-order valence-electron chi connectivity index (χ1n) is 8.01. The summed E-state index contributed by atoms with van der Waals surface area (Å²) in [5, 5.41) is 10.4. The maximum absolute atomic E-state index is 12.3. The topological polar surface area (TPSA) is 43.8 Å². The van der Waals surface area contributed by atoms with Crippen LogP contribution >= 0.6 is 11.6 Å². The van der Waals surface area contributed by atoms with Crippen LogP contribution in [0.2, 0.25) is 5.02 Å². The highest BCUT2D eigenvalue weighted by Crippen LogP contribution is 2.13. The fourth-order valence-electron chi connectivity index (χ4n) is 2.71. The van der Waals surface area contributed by atoms with Crippen LogP contribution in [0.1, 0.15) is 25.3 Å². The number of nitrogens with zero attached hydrogens (tertiary/aromatic N) is 2. The van der Waals surface area contributed by atoms with E-state index in [4.69, 9.17) is 11.6 Å². The largest absolute Gasteiger partial charge is 0.392 e. The molecule has 1 aliphatic heterocycles. The molecule has 0 aliphatic carbocycles. The van der Waals surface area contributed by atoms with Gasteiger partial charge in [0.25, 0.3) is 0 Å². The fraction of sp³-hybridized carbons (Fsp3) is 0.588. The molecule has 0 spiro atoms. The van der Waals surface area contributed by atoms with Crippen molar-refractivity contribution in [3.8, 4) is 0 Å². The number of benzene rings is 1. The lowest BCUT2D eigenvalue weighted by atomic mass is 10.1. The van der Waals surface area contributed by atoms with Gasteiger partial charge in [-0.05, 0) is 30.5 Å². The van der Waals surface area contributed by atoms with Gasteiger partial charge >= 0.3 is 0 Å². The number of halogens is 1. The van der Waals surface area contributed by atoms with E-state index >= 15 is 0 Å². The molecular weight excluding hydrogens is 300 g/mol. The van der Waals surface area contributed by atoms with Crippen molar-refractivity contribution >= 4 is 17.5 Å². The molecule has 122 valence electrons. The smallest absolute Gasteiger partial charge is 0.222 e. The van der Waals surface area contributed by atoms with Crippen molar-refractivity contribution in [3.05, 3.63) is 34.9 Å². The summed E-state index contributed by atoms with van der Waals surface area (Å²) in [5.74, 6) is 0.204. The quantitative estimate of drug-likeness (QED) is 0.872. The number of carbonyl (C=O) groups excluding carboxylic acids is 1. The maximum atomic E-state index is 12.3. The summed E-state index contributed by atoms with van der Waals surface area (Å²) >= 11 is 5.96. The number of hydrogen-bond donors (Lipinski definition) is 1. The molecule has 5 heteroatoms. The molecule has 1 saturated heterocycles. The highest BCUT2D eigenvalue weighted by molar-refractivity contribution is 6.30. The highest BCUT2D eigenvalue weighted by atomic mass is 35.5. The van der Waals surface area contributed by atoms with Gasteiger partial charge in [-0.3, -0.25) is 9.69 Å². The van der Waals surface area contributed by atoms with Crippen molar-refractivity contribution in [1.82, 2.24) is 9.80 Å². The number of aryl methyl sites for hydroxylation is 1. The molecule has 22 heavy (non-hydrogen) atoms. The van der Waals surface area contributed by atoms with Gasteiger partial charge < -0.3 is 10.0 Å². The molecule has 1 fully saturated rings. The number of carbonyl (C=O) groups is 1. The molecule has 1 unspecified atom stereocenters. The summed E-state index contributed by atoms with van der Waals surface area (Å²) < 4.78 is 0. The summed E-state index contributed by atoms with van der Waals surface area (Å²) in [5.41, 5.74) is 1.10. The Kier molecular flexibility index (Phi) is 6.68. The van der Waals surface area contributed by atoms with Crippen molar-refractivity contribution in [2.24, 2.45) is 0 Å². The van der Waals surface area contributed by atoms with Crippen LogP contribution in [0.15, 0.2) is 24.3 Å². The summed E-state index contributed by atoms with van der Waals surface area (Å²) in [4.78, 5) is 16.4. The van der Waals surface area contributed by atoms with Gasteiger partial charge in [-0.1, -0.05) is 30.7 Å². The molecule has 1 aromatic carbocycles. The van der Waals surface area contributed by atoms with Gasteiger partial charge in [0.15, 0.2) is 0 Å². The second-order valence-electron chi connectivity index (χ2n) is 5.87. The molecule has 0 saturated carbocycles. The molecule has 4 nitrogen and oxygen atoms in total. The second-order valence-corrected chi connectivity index (χ2v) is 6.31. The van der Waals surface area contributed by atoms with Crippen LogP contribution in [0.3, 0.4) is 0 Å². The van der Waals surface area contributed by atoms with Crippen LogP contribution in [0.25, 0.3) is 0 Å². The molecule has 0 bridgehead atoms. The van der Waals surface area contributed by atoms with Gasteiger partial charge in [0, 0.05) is 44.2 Å². The van der Waals surface area contributed by atoms with E-state index in [-0.39, 0.29) is 12.0 Å². The molecular formula is C17H25ClN2O2. The van der Waals surface area contributed by atoms with Gasteiger partial charge in [0.05, 0.1) is 6.10 Å². The van der Waals surface area contributed by atoms with E-state index in [9.17, 15) is 9.90 Å². The second kappa shape index (κ2) is 8.51. The number of β-amino-alcohol motifs (C(OH)–C–C–N with tert-alkyl or cyclic N) is 1. The third-order valence-electron chi connectivity index (χ3n) is 4.18. The molecule has 1 N–H and O–H groups in total. The Hall–Kier alpha value is -1.10. The average molecular weight is 325 g/mol. The zero-order valence-corrected chi connectivity index (χ0v) is 13.9. The van der Waals surface area contributed by atoms with Crippen LogP contribution in [0.5, 0.6) is 0 Å². The Bertz CT molecular complexity index is 487. The highest BCUT2D eigenvalue weighted by Gasteiger charge is 2.21. The first-order valence-corrected chi connectivity index (χ1v) is 8.39. The standard InChI is InChI=1S/C17H25ClN2O2/c1-2-16(21)13-19-8-10-20(11-9-19)17(22)7-6-14-4-3-5-15(18)12-14/h3-5,12,16,21H,2,6-11,13H2,1H3. The van der Waals surface area contributed by atoms with Gasteiger partial charge in [-0.2, -0.15) is 0 Å². The summed E-state index contributed by atoms with van der Waals surface area (Å²) in [6.07, 6.45) is 1.77. The third-order valence-corrected chi connectivity index (χ3v) is 4.42. The number of piperazine rings is 1. The Morgan fingerprint density at radius 2 is 2.05 bits per heavy atom. The number of aliphatic hydroxyl groups excluding tert-OH is 1. The van der Waals surface area contributed by atoms with Crippen molar-refractivity contribution in [3.63, 3.8) is 0 Å². The Morgan fingerprint density at radius 3 is 2.68 bits per heavy atom. The lowest BCUT2D eigenvalue weighted by Gasteiger charge is -2.35. The van der Waals surface area contributed by atoms with Gasteiger partial charge in [-0.25, -0.2) is 0 Å². The third kappa shape index (κ3) is 5.27. The predicted molar refractivity (Wildman–Crippen MR) is 89.1 cm³/mol. The molecule has 1 atom stereocenters. The number of amides is 1. The van der Waals surface area contributed by atoms with E-state index in [1.54, 1.807) is 0 Å². The van der Waals surface area contributed by atoms with E-state index in [1.165, 1.54) is 0 Å². The normalized spacial score (nSPS) is 17.5. The van der Waals surface area contributed by atoms with Gasteiger partial charge in [-0.15, -0.1) is 0 Å². The van der Waals surface area contributed by atoms with Gasteiger partial charge in [0.2, 0.25) is 5.91 Å². The van der Waals surface area contributed by atoms with E-state index in [1.807, 2.05) is 36.1 Å². The van der Waals surface area contributed by atoms with Crippen molar-refractivity contribution in [2.45, 2.75) is 32.3 Å². The minimum absolute atomic E-state index is 0.204. The Morgan fingerprint density at radius 1 is 1.32 bits per heavy atom. The van der Waals surface area contributed by atoms with Crippen LogP contribution in [0, 0.1) is 0 Å². The SMILES string of the molecule is CCC(O)CN1CCN(C(=O)CCc2cccc(Cl)c2)CC1. The lowest BCUT2D eigenvalue weighted by Crippen LogP contribution is -2.50.